The number of imidazole rings is 4. The molecule has 0 aromatic carbocycles. The lowest BCUT2D eigenvalue weighted by Crippen LogP contribution is -2.43. The zero-order valence-corrected chi connectivity index (χ0v) is 67.6. The largest absolute Gasteiger partial charge is 0.444 e. The van der Waals surface area contributed by atoms with Crippen molar-refractivity contribution in [2.75, 3.05) is 102 Å². The molecule has 2 amide bonds. The summed E-state index contributed by atoms with van der Waals surface area (Å²) in [6.07, 6.45) is 17.0. The summed E-state index contributed by atoms with van der Waals surface area (Å²) >= 11 is 17.3. The van der Waals surface area contributed by atoms with Gasteiger partial charge in [-0.05, 0) is 179 Å². The molecular weight excluding hydrogens is 1610 g/mol. The number of pyridine rings is 4. The number of ether oxygens (including phenoxy) is 4. The van der Waals surface area contributed by atoms with E-state index in [0.29, 0.717) is 154 Å². The van der Waals surface area contributed by atoms with Gasteiger partial charge in [0.1, 0.15) is 79.8 Å². The number of halogens is 11. The van der Waals surface area contributed by atoms with Gasteiger partial charge in [0.2, 0.25) is 0 Å². The second-order valence-electron chi connectivity index (χ2n) is 31.1. The minimum Gasteiger partial charge on any atom is -0.444 e. The van der Waals surface area contributed by atoms with Crippen LogP contribution in [0.25, 0.3) is 68.7 Å². The number of fused-ring (bicyclic) bond motifs is 4. The van der Waals surface area contributed by atoms with Crippen LogP contribution in [0.4, 0.5) is 56.3 Å². The van der Waals surface area contributed by atoms with Crippen LogP contribution in [0.5, 0.6) is 0 Å². The number of carbonyl (C=O) groups is 2. The summed E-state index contributed by atoms with van der Waals surface area (Å²) in [6, 6.07) is 11.5. The lowest BCUT2D eigenvalue weighted by Gasteiger charge is -2.34. The quantitative estimate of drug-likeness (QED) is 0.0879. The van der Waals surface area contributed by atoms with Gasteiger partial charge in [0.05, 0.1) is 68.3 Å². The van der Waals surface area contributed by atoms with Gasteiger partial charge in [0, 0.05) is 77.1 Å². The molecule has 118 heavy (non-hydrogen) atoms. The number of hydrogen-bond acceptors (Lipinski definition) is 21. The van der Waals surface area contributed by atoms with Crippen LogP contribution in [-0.4, -0.2) is 202 Å². The maximum Gasteiger partial charge on any atom is 0.410 e. The molecule has 5 aliphatic heterocycles. The monoisotopic (exact) mass is 1690 g/mol. The van der Waals surface area contributed by atoms with Crippen LogP contribution < -0.4 is 15.1 Å². The van der Waals surface area contributed by atoms with Crippen LogP contribution in [0.15, 0.2) is 98.1 Å². The van der Waals surface area contributed by atoms with E-state index in [2.05, 4.69) is 65.1 Å². The van der Waals surface area contributed by atoms with Crippen LogP contribution in [0, 0.1) is 64.3 Å². The summed E-state index contributed by atoms with van der Waals surface area (Å²) in [6.45, 7) is 19.1. The number of nitrogens with one attached hydrogen (secondary N) is 1. The predicted octanol–water partition coefficient (Wildman–Crippen LogP) is 14.8. The first-order chi connectivity index (χ1) is 56.5. The zero-order valence-electron chi connectivity index (χ0n) is 65.3. The Morgan fingerprint density at radius 2 is 0.746 bits per heavy atom. The second-order valence-corrected chi connectivity index (χ2v) is 32.1. The summed E-state index contributed by atoms with van der Waals surface area (Å²) in [5.74, 6) is -2.47. The molecule has 0 saturated carbocycles. The number of carbonyl (C=O) groups excluding carboxylic acids is 2. The van der Waals surface area contributed by atoms with Crippen LogP contribution in [0.2, 0.25) is 15.5 Å². The maximum absolute atomic E-state index is 15.9. The zero-order chi connectivity index (χ0) is 83.3. The Labute approximate surface area is 687 Å². The van der Waals surface area contributed by atoms with Gasteiger partial charge in [-0.3, -0.25) is 17.6 Å². The van der Waals surface area contributed by atoms with E-state index >= 15 is 8.78 Å². The Morgan fingerprint density at radius 1 is 0.424 bits per heavy atom. The molecule has 5 fully saturated rings. The van der Waals surface area contributed by atoms with Gasteiger partial charge in [-0.2, -0.15) is 0 Å². The first-order valence-electron chi connectivity index (χ1n) is 38.6. The molecule has 0 radical (unpaired) electrons. The Kier molecular flexibility index (Phi) is 25.8. The number of aromatic nitrogens is 16. The van der Waals surface area contributed by atoms with Gasteiger partial charge in [0.15, 0.2) is 73.7 Å². The molecule has 17 rings (SSSR count). The Bertz CT molecular complexity index is 5610. The van der Waals surface area contributed by atoms with E-state index in [4.69, 9.17) is 53.8 Å². The van der Waals surface area contributed by atoms with E-state index in [-0.39, 0.29) is 87.7 Å². The van der Waals surface area contributed by atoms with Crippen molar-refractivity contribution in [3.63, 3.8) is 0 Å². The van der Waals surface area contributed by atoms with Gasteiger partial charge in [-0.15, -0.1) is 0 Å². The van der Waals surface area contributed by atoms with Gasteiger partial charge >= 0.3 is 12.2 Å². The number of morpholine rings is 2. The molecule has 0 spiro atoms. The van der Waals surface area contributed by atoms with E-state index in [1.165, 1.54) is 82.4 Å². The highest BCUT2D eigenvalue weighted by molar-refractivity contribution is 6.33. The van der Waals surface area contributed by atoms with Crippen molar-refractivity contribution in [3.05, 3.63) is 177 Å². The standard InChI is InChI=1S/C26H32F2N6O3.C22H24ClF2N5O2.C21H24F2N6O.C11H4Cl2F2N4/c1-26(2,3)37-25(35)33-8-4-5-17(15-33)13-19-22(28)24(32-9-11-36-12-10-32)31-23(30-19)20-14-29-21-7-6-18(27)16-34(20)21;1-22(2,3)32-21(31)29-8-4-5-13(11-29)9-15-18(25)19(23)28-20(27-15)16-10-26-17-7-6-14(24)12-30(16)17;22-15-3-4-18-25-12-17(29(18)13-15)20-26-16(10-14-2-1-5-24-11-14)19(23)21(27-20)28-6-8-30-9-7-28;12-9-8(15)10(13)18-11(17-9)6-3-16-7-2-1-5(14)4-19(6)7/h6-7,14,16-17H,4-5,8-13,15H2,1-3H3;6-7,10,12-13H,4-5,8-9,11H2,1-3H3;3-4,12-14,24H,1-2,5-11H2;1-4H/t17-;13-;14-;/m000./s1. The molecule has 3 atom stereocenters. The first-order valence-corrected chi connectivity index (χ1v) is 39.7. The van der Waals surface area contributed by atoms with Gasteiger partial charge < -0.3 is 43.9 Å². The fourth-order valence-corrected chi connectivity index (χ4v) is 15.1. The number of likely N-dealkylation sites (tertiary alicyclic amines) is 2. The van der Waals surface area contributed by atoms with Gasteiger partial charge in [-0.25, -0.2) is 105 Å². The first kappa shape index (κ1) is 83.9. The van der Waals surface area contributed by atoms with Gasteiger partial charge in [0.25, 0.3) is 0 Å². The van der Waals surface area contributed by atoms with E-state index in [1.807, 2.05) is 51.3 Å². The summed E-state index contributed by atoms with van der Waals surface area (Å²) in [5, 5.41) is 2.26. The summed E-state index contributed by atoms with van der Waals surface area (Å²) in [5.41, 5.74) is 3.58. The van der Waals surface area contributed by atoms with Gasteiger partial charge in [-0.1, -0.05) is 34.8 Å². The van der Waals surface area contributed by atoms with E-state index in [9.17, 15) is 35.9 Å². The van der Waals surface area contributed by atoms with Crippen molar-refractivity contribution < 1.29 is 63.7 Å². The number of nitrogens with zero attached hydrogens (tertiary/aromatic N) is 20. The average Bonchev–Trinajstić information content (AvgIpc) is 1.79. The smallest absolute Gasteiger partial charge is 0.410 e. The Balaban J connectivity index is 0.000000132. The molecule has 622 valence electrons. The second kappa shape index (κ2) is 36.3. The molecular formula is C80H84Cl3F8N21O6. The Hall–Kier alpha value is -10.6. The molecule has 12 aromatic rings. The van der Waals surface area contributed by atoms with Crippen LogP contribution in [-0.2, 0) is 38.2 Å². The van der Waals surface area contributed by atoms with Crippen LogP contribution in [0.1, 0.15) is 97.1 Å². The molecule has 12 aromatic heterocycles. The third kappa shape index (κ3) is 20.0. The molecule has 5 saturated heterocycles. The molecule has 38 heteroatoms. The number of piperidine rings is 3. The molecule has 0 bridgehead atoms. The molecule has 27 nitrogen and oxygen atoms in total. The predicted molar refractivity (Wildman–Crippen MR) is 423 cm³/mol. The summed E-state index contributed by atoms with van der Waals surface area (Å²) < 4.78 is 142. The summed E-state index contributed by atoms with van der Waals surface area (Å²) in [7, 11) is 0. The van der Waals surface area contributed by atoms with Crippen LogP contribution in [0.3, 0.4) is 0 Å². The van der Waals surface area contributed by atoms with E-state index < -0.39 is 56.4 Å². The van der Waals surface area contributed by atoms with Crippen molar-refractivity contribution in [2.24, 2.45) is 17.8 Å². The highest BCUT2D eigenvalue weighted by Gasteiger charge is 2.34. The van der Waals surface area contributed by atoms with E-state index in [0.717, 1.165) is 51.6 Å². The number of anilines is 2. The molecule has 17 heterocycles. The third-order valence-corrected chi connectivity index (χ3v) is 20.8. The lowest BCUT2D eigenvalue weighted by molar-refractivity contribution is 0.0156. The van der Waals surface area contributed by atoms with Crippen molar-refractivity contribution in [1.29, 1.82) is 0 Å². The maximum atomic E-state index is 15.9. The average molecular weight is 1690 g/mol. The normalized spacial score (nSPS) is 17.4. The Morgan fingerprint density at radius 3 is 1.09 bits per heavy atom. The fourth-order valence-electron chi connectivity index (χ4n) is 14.5. The SMILES string of the molecule is CC(C)(C)OC(=O)N1CCC[C@@H](Cc2nc(-c3cnc4ccc(F)cn34)nc(Cl)c2F)C1.CC(C)(C)OC(=O)N1CCC[C@@H](Cc2nc(-c3cnc4ccc(F)cn34)nc(N3CCOCC3)c2F)C1.Fc1ccc2ncc(-c3nc(C[C@@H]4CCCNC4)c(F)c(N4CCOCC4)n3)n2c1.Fc1ccc2ncc(-c3nc(Cl)c(F)c(Cl)n3)n2c1. The molecule has 0 aliphatic carbocycles. The fraction of sp³-hybridized carbons (Fsp3) is 0.425. The van der Waals surface area contributed by atoms with Crippen molar-refractivity contribution in [3.8, 4) is 46.1 Å². The molecule has 1 N–H and O–H groups in total. The summed E-state index contributed by atoms with van der Waals surface area (Å²) in [4.78, 5) is 83.4. The third-order valence-electron chi connectivity index (χ3n) is 20.1. The highest BCUT2D eigenvalue weighted by atomic mass is 35.5. The molecule has 0 unspecified atom stereocenters. The topological polar surface area (TPSA) is 268 Å². The van der Waals surface area contributed by atoms with E-state index in [1.54, 1.807) is 43.1 Å². The highest BCUT2D eigenvalue weighted by Crippen LogP contribution is 2.35. The van der Waals surface area contributed by atoms with Crippen molar-refractivity contribution >= 4 is 81.2 Å². The van der Waals surface area contributed by atoms with Crippen LogP contribution >= 0.6 is 34.8 Å². The van der Waals surface area contributed by atoms with Crippen molar-refractivity contribution in [1.82, 2.24) is 92.5 Å². The molecule has 5 aliphatic rings. The number of hydrogen-bond donors (Lipinski definition) is 1. The minimum absolute atomic E-state index is 0.00989. The lowest BCUT2D eigenvalue weighted by atomic mass is 9.93. The minimum atomic E-state index is -0.896. The number of rotatable bonds is 12. The van der Waals surface area contributed by atoms with Crippen molar-refractivity contribution in [2.45, 2.75) is 111 Å². The number of amides is 2.